The molecule has 0 aliphatic rings. The van der Waals surface area contributed by atoms with E-state index in [4.69, 9.17) is 0 Å². The van der Waals surface area contributed by atoms with Crippen molar-refractivity contribution in [1.29, 1.82) is 0 Å². The van der Waals surface area contributed by atoms with E-state index in [0.29, 0.717) is 18.3 Å². The summed E-state index contributed by atoms with van der Waals surface area (Å²) in [6.45, 7) is 7.98. The van der Waals surface area contributed by atoms with Gasteiger partial charge in [-0.05, 0) is 24.7 Å². The van der Waals surface area contributed by atoms with Gasteiger partial charge in [0.2, 0.25) is 0 Å². The number of phenols is 1. The van der Waals surface area contributed by atoms with Crippen LogP contribution in [0.2, 0.25) is 0 Å². The molecule has 22 heavy (non-hydrogen) atoms. The van der Waals surface area contributed by atoms with E-state index in [1.54, 1.807) is 6.07 Å². The Morgan fingerprint density at radius 1 is 0.955 bits per heavy atom. The molecule has 2 aromatic carbocycles. The lowest BCUT2D eigenvalue weighted by Crippen LogP contribution is -2.35. The monoisotopic (exact) mass is 298 g/mol. The van der Waals surface area contributed by atoms with Gasteiger partial charge in [-0.2, -0.15) is 0 Å². The smallest absolute Gasteiger partial charge is 0.120 e. The Hall–Kier alpha value is -1.84. The van der Waals surface area contributed by atoms with Crippen LogP contribution in [0.4, 0.5) is 0 Å². The zero-order chi connectivity index (χ0) is 15.8. The standard InChI is InChI=1S/C19H26N2O/c1-3-21(4-2)18(16-10-6-5-7-11-16)15-20-14-17-12-8-9-13-19(17)22/h5-13,18,20,22H,3-4,14-15H2,1-2H3. The molecule has 0 amide bonds. The Balaban J connectivity index is 2.03. The molecule has 2 rings (SSSR count). The van der Waals surface area contributed by atoms with Crippen LogP contribution in [0.3, 0.4) is 0 Å². The minimum Gasteiger partial charge on any atom is -0.508 e. The number of phenolic OH excluding ortho intramolecular Hbond substituents is 1. The molecule has 3 nitrogen and oxygen atoms in total. The number of nitrogens with one attached hydrogen (secondary N) is 1. The molecule has 0 bridgehead atoms. The Morgan fingerprint density at radius 3 is 2.23 bits per heavy atom. The van der Waals surface area contributed by atoms with Crippen LogP contribution < -0.4 is 5.32 Å². The van der Waals surface area contributed by atoms with Gasteiger partial charge < -0.3 is 10.4 Å². The van der Waals surface area contributed by atoms with Gasteiger partial charge in [0.1, 0.15) is 5.75 Å². The van der Waals surface area contributed by atoms with Crippen LogP contribution in [0.5, 0.6) is 5.75 Å². The number of aromatic hydroxyl groups is 1. The second-order valence-electron chi connectivity index (χ2n) is 5.41. The summed E-state index contributed by atoms with van der Waals surface area (Å²) in [5.41, 5.74) is 2.27. The van der Waals surface area contributed by atoms with Crippen LogP contribution in [0.15, 0.2) is 54.6 Å². The van der Waals surface area contributed by atoms with Gasteiger partial charge in [-0.25, -0.2) is 0 Å². The summed E-state index contributed by atoms with van der Waals surface area (Å²) in [7, 11) is 0. The highest BCUT2D eigenvalue weighted by Gasteiger charge is 2.17. The van der Waals surface area contributed by atoms with E-state index >= 15 is 0 Å². The van der Waals surface area contributed by atoms with Gasteiger partial charge in [-0.1, -0.05) is 62.4 Å². The van der Waals surface area contributed by atoms with Gasteiger partial charge in [0.25, 0.3) is 0 Å². The molecule has 2 N–H and O–H groups in total. The number of likely N-dealkylation sites (N-methyl/N-ethyl adjacent to an activating group) is 1. The molecule has 0 aromatic heterocycles. The normalized spacial score (nSPS) is 12.5. The fourth-order valence-electron chi connectivity index (χ4n) is 2.80. The molecule has 0 aliphatic carbocycles. The minimum atomic E-state index is 0.349. The van der Waals surface area contributed by atoms with Crippen molar-refractivity contribution in [2.75, 3.05) is 19.6 Å². The summed E-state index contributed by atoms with van der Waals surface area (Å²) in [5, 5.41) is 13.3. The molecule has 1 unspecified atom stereocenters. The van der Waals surface area contributed by atoms with Crippen LogP contribution in [-0.2, 0) is 6.54 Å². The second-order valence-corrected chi connectivity index (χ2v) is 5.41. The maximum atomic E-state index is 9.84. The van der Waals surface area contributed by atoms with Crippen LogP contribution in [-0.4, -0.2) is 29.6 Å². The number of hydrogen-bond donors (Lipinski definition) is 2. The zero-order valence-corrected chi connectivity index (χ0v) is 13.5. The number of nitrogens with zero attached hydrogens (tertiary/aromatic N) is 1. The van der Waals surface area contributed by atoms with Gasteiger partial charge in [0, 0.05) is 24.7 Å². The largest absolute Gasteiger partial charge is 0.508 e. The first kappa shape index (κ1) is 16.5. The molecule has 0 aliphatic heterocycles. The molecule has 0 spiro atoms. The summed E-state index contributed by atoms with van der Waals surface area (Å²) in [6.07, 6.45) is 0. The molecule has 2 aromatic rings. The second kappa shape index (κ2) is 8.57. The van der Waals surface area contributed by atoms with E-state index in [-0.39, 0.29) is 0 Å². The Kier molecular flexibility index (Phi) is 6.44. The third kappa shape index (κ3) is 4.33. The molecule has 0 saturated carbocycles. The van der Waals surface area contributed by atoms with E-state index in [1.165, 1.54) is 5.56 Å². The third-order valence-electron chi connectivity index (χ3n) is 4.08. The average Bonchev–Trinajstić information content (AvgIpc) is 2.57. The fraction of sp³-hybridized carbons (Fsp3) is 0.368. The van der Waals surface area contributed by atoms with Crippen molar-refractivity contribution in [3.63, 3.8) is 0 Å². The van der Waals surface area contributed by atoms with Crippen molar-refractivity contribution < 1.29 is 5.11 Å². The predicted molar refractivity (Wildman–Crippen MR) is 91.9 cm³/mol. The lowest BCUT2D eigenvalue weighted by Gasteiger charge is -2.30. The lowest BCUT2D eigenvalue weighted by molar-refractivity contribution is 0.213. The molecule has 1 atom stereocenters. The number of para-hydroxylation sites is 1. The maximum Gasteiger partial charge on any atom is 0.120 e. The van der Waals surface area contributed by atoms with Gasteiger partial charge >= 0.3 is 0 Å². The SMILES string of the molecule is CCN(CC)C(CNCc1ccccc1O)c1ccccc1. The highest BCUT2D eigenvalue weighted by molar-refractivity contribution is 5.31. The van der Waals surface area contributed by atoms with Crippen molar-refractivity contribution in [2.45, 2.75) is 26.4 Å². The molecular weight excluding hydrogens is 272 g/mol. The first-order valence-corrected chi connectivity index (χ1v) is 8.02. The summed E-state index contributed by atoms with van der Waals surface area (Å²) in [5.74, 6) is 0.356. The zero-order valence-electron chi connectivity index (χ0n) is 13.5. The maximum absolute atomic E-state index is 9.84. The number of benzene rings is 2. The Bertz CT molecular complexity index is 552. The molecular formula is C19H26N2O. The van der Waals surface area contributed by atoms with Crippen molar-refractivity contribution in [3.8, 4) is 5.75 Å². The van der Waals surface area contributed by atoms with Crippen LogP contribution in [0.25, 0.3) is 0 Å². The number of rotatable bonds is 8. The van der Waals surface area contributed by atoms with Gasteiger partial charge in [0.05, 0.1) is 0 Å². The molecule has 0 radical (unpaired) electrons. The van der Waals surface area contributed by atoms with Crippen molar-refractivity contribution >= 4 is 0 Å². The highest BCUT2D eigenvalue weighted by Crippen LogP contribution is 2.20. The number of hydrogen-bond acceptors (Lipinski definition) is 3. The van der Waals surface area contributed by atoms with Gasteiger partial charge in [0.15, 0.2) is 0 Å². The molecule has 0 fully saturated rings. The van der Waals surface area contributed by atoms with E-state index in [9.17, 15) is 5.11 Å². The van der Waals surface area contributed by atoms with E-state index in [2.05, 4.69) is 54.4 Å². The quantitative estimate of drug-likeness (QED) is 0.782. The topological polar surface area (TPSA) is 35.5 Å². The molecule has 118 valence electrons. The molecule has 0 saturated heterocycles. The third-order valence-corrected chi connectivity index (χ3v) is 4.08. The van der Waals surface area contributed by atoms with Crippen molar-refractivity contribution in [1.82, 2.24) is 10.2 Å². The Labute approximate surface area is 133 Å². The van der Waals surface area contributed by atoms with Crippen LogP contribution in [0, 0.1) is 0 Å². The average molecular weight is 298 g/mol. The summed E-state index contributed by atoms with van der Waals surface area (Å²) < 4.78 is 0. The van der Waals surface area contributed by atoms with Gasteiger partial charge in [-0.15, -0.1) is 0 Å². The van der Waals surface area contributed by atoms with Crippen molar-refractivity contribution in [3.05, 3.63) is 65.7 Å². The minimum absolute atomic E-state index is 0.349. The highest BCUT2D eigenvalue weighted by atomic mass is 16.3. The van der Waals surface area contributed by atoms with Crippen LogP contribution in [0.1, 0.15) is 31.0 Å². The van der Waals surface area contributed by atoms with E-state index in [0.717, 1.165) is 25.2 Å². The molecule has 3 heteroatoms. The Morgan fingerprint density at radius 2 is 1.59 bits per heavy atom. The molecule has 0 heterocycles. The summed E-state index contributed by atoms with van der Waals surface area (Å²) in [4.78, 5) is 2.45. The predicted octanol–water partition coefficient (Wildman–Crippen LogP) is 3.56. The summed E-state index contributed by atoms with van der Waals surface area (Å²) in [6, 6.07) is 18.4. The first-order valence-electron chi connectivity index (χ1n) is 8.02. The van der Waals surface area contributed by atoms with E-state index in [1.807, 2.05) is 18.2 Å². The van der Waals surface area contributed by atoms with Crippen LogP contribution >= 0.6 is 0 Å². The first-order chi connectivity index (χ1) is 10.8. The lowest BCUT2D eigenvalue weighted by atomic mass is 10.0. The fourth-order valence-corrected chi connectivity index (χ4v) is 2.80. The van der Waals surface area contributed by atoms with Crippen molar-refractivity contribution in [2.24, 2.45) is 0 Å². The summed E-state index contributed by atoms with van der Waals surface area (Å²) >= 11 is 0. The van der Waals surface area contributed by atoms with E-state index < -0.39 is 0 Å². The van der Waals surface area contributed by atoms with Gasteiger partial charge in [-0.3, -0.25) is 4.90 Å².